The summed E-state index contributed by atoms with van der Waals surface area (Å²) in [5.41, 5.74) is 0.0204. The van der Waals surface area contributed by atoms with Gasteiger partial charge in [0.2, 0.25) is 0 Å². The summed E-state index contributed by atoms with van der Waals surface area (Å²) in [5.74, 6) is -1.15. The summed E-state index contributed by atoms with van der Waals surface area (Å²) < 4.78 is 0. The van der Waals surface area contributed by atoms with Crippen molar-refractivity contribution in [1.82, 2.24) is 0 Å². The Balaban J connectivity index is 1.82. The van der Waals surface area contributed by atoms with Crippen LogP contribution < -0.4 is 0 Å². The molecule has 0 aromatic carbocycles. The van der Waals surface area contributed by atoms with E-state index < -0.39 is 12.1 Å². The van der Waals surface area contributed by atoms with Crippen LogP contribution in [0.15, 0.2) is 24.3 Å². The average Bonchev–Trinajstić information content (AvgIpc) is 2.81. The van der Waals surface area contributed by atoms with Crippen molar-refractivity contribution in [2.45, 2.75) is 76.9 Å². The van der Waals surface area contributed by atoms with Crippen LogP contribution in [0.1, 0.15) is 64.7 Å². The van der Waals surface area contributed by atoms with Crippen LogP contribution in [-0.4, -0.2) is 39.3 Å². The van der Waals surface area contributed by atoms with Crippen molar-refractivity contribution in [2.75, 3.05) is 0 Å². The Morgan fingerprint density at radius 3 is 2.65 bits per heavy atom. The Kier molecular flexibility index (Phi) is 7.59. The lowest BCUT2D eigenvalue weighted by atomic mass is 9.66. The maximum absolute atomic E-state index is 12.2. The van der Waals surface area contributed by atoms with E-state index in [2.05, 4.69) is 6.92 Å². The number of unbranched alkanes of at least 4 members (excludes halogenated alkanes) is 1. The van der Waals surface area contributed by atoms with E-state index in [1.165, 1.54) is 6.42 Å². The highest BCUT2D eigenvalue weighted by Crippen LogP contribution is 2.44. The Labute approximate surface area is 155 Å². The van der Waals surface area contributed by atoms with Crippen molar-refractivity contribution >= 4 is 11.8 Å². The zero-order valence-electron chi connectivity index (χ0n) is 15.6. The minimum absolute atomic E-state index is 0.0204. The second-order valence-corrected chi connectivity index (χ2v) is 8.10. The minimum atomic E-state index is -0.796. The summed E-state index contributed by atoms with van der Waals surface area (Å²) >= 11 is 0. The molecule has 0 amide bonds. The fraction of sp³-hybridized carbons (Fsp3) is 0.714. The molecule has 2 aliphatic carbocycles. The molecule has 2 rings (SSSR count). The third kappa shape index (κ3) is 5.52. The summed E-state index contributed by atoms with van der Waals surface area (Å²) in [6.07, 6.45) is 12.7. The van der Waals surface area contributed by atoms with E-state index in [4.69, 9.17) is 5.11 Å². The second kappa shape index (κ2) is 9.47. The molecule has 2 aliphatic rings. The maximum Gasteiger partial charge on any atom is 0.303 e. The third-order valence-corrected chi connectivity index (χ3v) is 6.07. The van der Waals surface area contributed by atoms with Crippen LogP contribution in [-0.2, 0) is 9.59 Å². The highest BCUT2D eigenvalue weighted by Gasteiger charge is 2.40. The predicted octanol–water partition coefficient (Wildman–Crippen LogP) is 3.25. The molecule has 1 unspecified atom stereocenters. The number of carboxylic acid groups (broad SMARTS) is 1. The standard InChI is InChI=1S/C21H32O5/c1-21(12-7-13-21)19(24)10-6-9-16-15(17(22)14-18(16)23)8-4-2-3-5-11-20(25)26/h2,4,6,9,15-16,18-19,23-24H,3,5,7-8,10-14H2,1H3,(H,25,26)/t15-,16-,18-,19?/m1/s1. The van der Waals surface area contributed by atoms with E-state index in [0.717, 1.165) is 12.8 Å². The fourth-order valence-corrected chi connectivity index (χ4v) is 3.98. The number of Topliss-reactive ketones (excluding diaryl/α,β-unsaturated/α-hetero) is 1. The van der Waals surface area contributed by atoms with Gasteiger partial charge in [0.05, 0.1) is 12.2 Å². The monoisotopic (exact) mass is 364 g/mol. The molecule has 26 heavy (non-hydrogen) atoms. The van der Waals surface area contributed by atoms with Crippen LogP contribution in [0, 0.1) is 17.3 Å². The molecule has 2 saturated carbocycles. The lowest BCUT2D eigenvalue weighted by molar-refractivity contribution is -0.137. The average molecular weight is 364 g/mol. The Morgan fingerprint density at radius 2 is 2.04 bits per heavy atom. The first-order valence-corrected chi connectivity index (χ1v) is 9.76. The summed E-state index contributed by atoms with van der Waals surface area (Å²) in [6.45, 7) is 2.11. The second-order valence-electron chi connectivity index (χ2n) is 8.10. The molecule has 5 heteroatoms. The lowest BCUT2D eigenvalue weighted by Gasteiger charge is -2.42. The molecule has 5 nitrogen and oxygen atoms in total. The van der Waals surface area contributed by atoms with E-state index in [0.29, 0.717) is 25.7 Å². The van der Waals surface area contributed by atoms with Crippen LogP contribution in [0.3, 0.4) is 0 Å². The zero-order chi connectivity index (χ0) is 19.2. The van der Waals surface area contributed by atoms with Gasteiger partial charge in [0.25, 0.3) is 0 Å². The number of hydrogen-bond acceptors (Lipinski definition) is 4. The quantitative estimate of drug-likeness (QED) is 0.408. The number of allylic oxidation sites excluding steroid dienone is 2. The number of aliphatic carboxylic acids is 1. The largest absolute Gasteiger partial charge is 0.481 e. The lowest BCUT2D eigenvalue weighted by Crippen LogP contribution is -2.38. The summed E-state index contributed by atoms with van der Waals surface area (Å²) in [4.78, 5) is 22.6. The van der Waals surface area contributed by atoms with Gasteiger partial charge in [-0.05, 0) is 43.9 Å². The third-order valence-electron chi connectivity index (χ3n) is 6.07. The Hall–Kier alpha value is -1.46. The SMILES string of the molecule is CC1(C(O)CC=C[C@H]2[C@H](O)CC(=O)[C@@H]2CC=CCCCC(=O)O)CCC1. The van der Waals surface area contributed by atoms with Gasteiger partial charge in [0.15, 0.2) is 0 Å². The number of aliphatic hydroxyl groups excluding tert-OH is 2. The molecule has 0 aliphatic heterocycles. The van der Waals surface area contributed by atoms with Gasteiger partial charge in [0, 0.05) is 24.7 Å². The summed E-state index contributed by atoms with van der Waals surface area (Å²) in [7, 11) is 0. The number of carbonyl (C=O) groups is 2. The van der Waals surface area contributed by atoms with Crippen molar-refractivity contribution in [2.24, 2.45) is 17.3 Å². The molecule has 0 heterocycles. The van der Waals surface area contributed by atoms with Gasteiger partial charge in [-0.25, -0.2) is 0 Å². The van der Waals surface area contributed by atoms with Gasteiger partial charge in [-0.3, -0.25) is 9.59 Å². The van der Waals surface area contributed by atoms with Crippen LogP contribution in [0.25, 0.3) is 0 Å². The van der Waals surface area contributed by atoms with Crippen molar-refractivity contribution in [3.05, 3.63) is 24.3 Å². The van der Waals surface area contributed by atoms with E-state index in [1.54, 1.807) is 0 Å². The van der Waals surface area contributed by atoms with Gasteiger partial charge in [-0.1, -0.05) is 37.6 Å². The molecular formula is C21H32O5. The summed E-state index contributed by atoms with van der Waals surface area (Å²) in [6, 6.07) is 0. The minimum Gasteiger partial charge on any atom is -0.481 e. The molecule has 4 atom stereocenters. The van der Waals surface area contributed by atoms with E-state index >= 15 is 0 Å². The first-order valence-electron chi connectivity index (χ1n) is 9.76. The van der Waals surface area contributed by atoms with Crippen LogP contribution >= 0.6 is 0 Å². The van der Waals surface area contributed by atoms with Gasteiger partial charge >= 0.3 is 5.97 Å². The van der Waals surface area contributed by atoms with Crippen LogP contribution in [0.2, 0.25) is 0 Å². The molecule has 146 valence electrons. The molecule has 0 radical (unpaired) electrons. The topological polar surface area (TPSA) is 94.8 Å². The molecular weight excluding hydrogens is 332 g/mol. The summed E-state index contributed by atoms with van der Waals surface area (Å²) in [5, 5.41) is 29.1. The van der Waals surface area contributed by atoms with Crippen molar-refractivity contribution in [1.29, 1.82) is 0 Å². The van der Waals surface area contributed by atoms with E-state index in [1.807, 2.05) is 24.3 Å². The number of hydrogen-bond donors (Lipinski definition) is 3. The van der Waals surface area contributed by atoms with Crippen molar-refractivity contribution in [3.63, 3.8) is 0 Å². The van der Waals surface area contributed by atoms with Gasteiger partial charge < -0.3 is 15.3 Å². The zero-order valence-corrected chi connectivity index (χ0v) is 15.6. The first kappa shape index (κ1) is 20.8. The van der Waals surface area contributed by atoms with Gasteiger partial charge in [0.1, 0.15) is 5.78 Å². The smallest absolute Gasteiger partial charge is 0.303 e. The molecule has 2 fully saturated rings. The highest BCUT2D eigenvalue weighted by atomic mass is 16.4. The van der Waals surface area contributed by atoms with Crippen LogP contribution in [0.4, 0.5) is 0 Å². The molecule has 0 aromatic rings. The molecule has 0 saturated heterocycles. The number of carboxylic acids is 1. The molecule has 0 spiro atoms. The molecule has 3 N–H and O–H groups in total. The Bertz CT molecular complexity index is 547. The van der Waals surface area contributed by atoms with Crippen molar-refractivity contribution < 1.29 is 24.9 Å². The number of carbonyl (C=O) groups excluding carboxylic acids is 1. The number of aliphatic hydroxyl groups is 2. The highest BCUT2D eigenvalue weighted by molar-refractivity contribution is 5.84. The van der Waals surface area contributed by atoms with Crippen molar-refractivity contribution in [3.8, 4) is 0 Å². The number of ketones is 1. The fourth-order valence-electron chi connectivity index (χ4n) is 3.98. The Morgan fingerprint density at radius 1 is 1.31 bits per heavy atom. The predicted molar refractivity (Wildman–Crippen MR) is 99.6 cm³/mol. The number of rotatable bonds is 10. The normalized spacial score (nSPS) is 29.3. The van der Waals surface area contributed by atoms with Gasteiger partial charge in [-0.15, -0.1) is 0 Å². The molecule has 0 bridgehead atoms. The van der Waals surface area contributed by atoms with Gasteiger partial charge in [-0.2, -0.15) is 0 Å². The van der Waals surface area contributed by atoms with E-state index in [-0.39, 0.29) is 42.0 Å². The van der Waals surface area contributed by atoms with E-state index in [9.17, 15) is 19.8 Å². The first-order chi connectivity index (χ1) is 12.3. The van der Waals surface area contributed by atoms with Crippen LogP contribution in [0.5, 0.6) is 0 Å². The maximum atomic E-state index is 12.2. The molecule has 0 aromatic heterocycles.